The normalized spacial score (nSPS) is 21.2. The molecule has 1 aromatic rings. The summed E-state index contributed by atoms with van der Waals surface area (Å²) in [6.45, 7) is 8.18. The molecule has 0 bridgehead atoms. The van der Waals surface area contributed by atoms with Crippen LogP contribution < -0.4 is 10.2 Å². The Balaban J connectivity index is 1.55. The third-order valence-electron chi connectivity index (χ3n) is 4.85. The fraction of sp³-hybridized carbons (Fsp3) is 0.611. The van der Waals surface area contributed by atoms with Crippen LogP contribution in [0.25, 0.3) is 0 Å². The van der Waals surface area contributed by atoms with Crippen LogP contribution in [-0.4, -0.2) is 81.7 Å². The number of guanidine groups is 1. The molecule has 1 aromatic carbocycles. The van der Waals surface area contributed by atoms with E-state index in [2.05, 4.69) is 51.3 Å². The average molecular weight is 380 g/mol. The molecule has 26 heavy (non-hydrogen) atoms. The van der Waals surface area contributed by atoms with Gasteiger partial charge in [0.25, 0.3) is 0 Å². The Kier molecular flexibility index (Phi) is 6.37. The summed E-state index contributed by atoms with van der Waals surface area (Å²) in [7, 11) is -3.04. The van der Waals surface area contributed by atoms with E-state index >= 15 is 0 Å². The van der Waals surface area contributed by atoms with Gasteiger partial charge in [-0.05, 0) is 25.5 Å². The molecule has 144 valence electrons. The number of aliphatic imine (C=N–C) groups is 1. The monoisotopic (exact) mass is 379 g/mol. The second-order valence-electron chi connectivity index (χ2n) is 6.61. The third kappa shape index (κ3) is 4.67. The summed E-state index contributed by atoms with van der Waals surface area (Å²) in [5, 5.41) is 3.34. The van der Waals surface area contributed by atoms with Crippen LogP contribution in [0.2, 0.25) is 0 Å². The minimum absolute atomic E-state index is 0.276. The molecule has 0 unspecified atom stereocenters. The summed E-state index contributed by atoms with van der Waals surface area (Å²) >= 11 is 0. The van der Waals surface area contributed by atoms with E-state index in [0.717, 1.165) is 45.1 Å². The Hall–Kier alpha value is -1.80. The van der Waals surface area contributed by atoms with Crippen molar-refractivity contribution < 1.29 is 8.42 Å². The van der Waals surface area contributed by atoms with Gasteiger partial charge in [-0.25, -0.2) is 12.7 Å². The average Bonchev–Trinajstić information content (AvgIpc) is 3.00. The molecule has 2 aliphatic rings. The highest BCUT2D eigenvalue weighted by Crippen LogP contribution is 2.16. The molecule has 0 aliphatic carbocycles. The Labute approximate surface area is 156 Å². The topological polar surface area (TPSA) is 68.2 Å². The van der Waals surface area contributed by atoms with Gasteiger partial charge in [-0.15, -0.1) is 0 Å². The maximum absolute atomic E-state index is 11.9. The summed E-state index contributed by atoms with van der Waals surface area (Å²) < 4.78 is 25.3. The van der Waals surface area contributed by atoms with Crippen LogP contribution in [-0.2, 0) is 10.0 Å². The first kappa shape index (κ1) is 19.0. The second-order valence-corrected chi connectivity index (χ2v) is 8.70. The lowest BCUT2D eigenvalue weighted by molar-refractivity contribution is 0.371. The van der Waals surface area contributed by atoms with Crippen LogP contribution in [0.4, 0.5) is 5.69 Å². The summed E-state index contributed by atoms with van der Waals surface area (Å²) in [6, 6.07) is 10.5. The summed E-state index contributed by atoms with van der Waals surface area (Å²) in [4.78, 5) is 9.32. The molecule has 0 spiro atoms. The molecule has 0 aromatic heterocycles. The first-order valence-electron chi connectivity index (χ1n) is 9.41. The van der Waals surface area contributed by atoms with Crippen molar-refractivity contribution in [3.8, 4) is 0 Å². The highest BCUT2D eigenvalue weighted by Gasteiger charge is 2.27. The van der Waals surface area contributed by atoms with Gasteiger partial charge < -0.3 is 15.1 Å². The van der Waals surface area contributed by atoms with Gasteiger partial charge in [0.2, 0.25) is 10.0 Å². The standard InChI is InChI=1S/C18H29N5O2S/c1-2-19-18(20-9-11-23-10-6-16-26(23,24)25)22-14-12-21(13-15-22)17-7-4-3-5-8-17/h3-5,7-8H,2,6,9-16H2,1H3,(H,19,20). The predicted molar refractivity (Wildman–Crippen MR) is 106 cm³/mol. The van der Waals surface area contributed by atoms with Crippen molar-refractivity contribution in [1.82, 2.24) is 14.5 Å². The number of nitrogens with one attached hydrogen (secondary N) is 1. The SMILES string of the molecule is CCNC(=NCCN1CCCS1(=O)=O)N1CCN(c2ccccc2)CC1. The van der Waals surface area contributed by atoms with Crippen molar-refractivity contribution in [2.75, 3.05) is 63.0 Å². The zero-order chi connectivity index (χ0) is 18.4. The van der Waals surface area contributed by atoms with E-state index in [-0.39, 0.29) is 5.75 Å². The fourth-order valence-corrected chi connectivity index (χ4v) is 4.97. The first-order valence-corrected chi connectivity index (χ1v) is 11.0. The number of nitrogens with zero attached hydrogens (tertiary/aromatic N) is 4. The first-order chi connectivity index (χ1) is 12.6. The number of benzene rings is 1. The molecule has 0 atom stereocenters. The van der Waals surface area contributed by atoms with Gasteiger partial charge in [0.1, 0.15) is 0 Å². The number of para-hydroxylation sites is 1. The van der Waals surface area contributed by atoms with E-state index < -0.39 is 10.0 Å². The quantitative estimate of drug-likeness (QED) is 0.606. The maximum atomic E-state index is 11.9. The van der Waals surface area contributed by atoms with E-state index in [0.29, 0.717) is 19.6 Å². The van der Waals surface area contributed by atoms with Crippen molar-refractivity contribution in [2.45, 2.75) is 13.3 Å². The Bertz CT molecular complexity index is 700. The number of hydrogen-bond acceptors (Lipinski definition) is 4. The highest BCUT2D eigenvalue weighted by molar-refractivity contribution is 7.89. The molecule has 2 aliphatic heterocycles. The second kappa shape index (κ2) is 8.73. The minimum Gasteiger partial charge on any atom is -0.368 e. The van der Waals surface area contributed by atoms with Crippen LogP contribution in [0.1, 0.15) is 13.3 Å². The predicted octanol–water partition coefficient (Wildman–Crippen LogP) is 0.810. The van der Waals surface area contributed by atoms with Crippen LogP contribution in [0.5, 0.6) is 0 Å². The molecule has 7 nitrogen and oxygen atoms in total. The van der Waals surface area contributed by atoms with Crippen LogP contribution in [0.3, 0.4) is 0 Å². The lowest BCUT2D eigenvalue weighted by atomic mass is 10.2. The number of piperazine rings is 1. The Morgan fingerprint density at radius 3 is 2.46 bits per heavy atom. The molecule has 0 radical (unpaired) electrons. The van der Waals surface area contributed by atoms with Gasteiger partial charge in [-0.1, -0.05) is 18.2 Å². The molecule has 0 amide bonds. The summed E-state index contributed by atoms with van der Waals surface area (Å²) in [6.07, 6.45) is 0.730. The molecule has 3 rings (SSSR count). The fourth-order valence-electron chi connectivity index (χ4n) is 3.45. The summed E-state index contributed by atoms with van der Waals surface area (Å²) in [5.41, 5.74) is 1.26. The molecule has 0 saturated carbocycles. The summed E-state index contributed by atoms with van der Waals surface area (Å²) in [5.74, 6) is 1.16. The third-order valence-corrected chi connectivity index (χ3v) is 6.81. The van der Waals surface area contributed by atoms with Crippen LogP contribution in [0, 0.1) is 0 Å². The molecule has 2 fully saturated rings. The Morgan fingerprint density at radius 1 is 1.12 bits per heavy atom. The largest absolute Gasteiger partial charge is 0.368 e. The van der Waals surface area contributed by atoms with E-state index in [4.69, 9.17) is 0 Å². The van der Waals surface area contributed by atoms with Crippen molar-refractivity contribution in [3.63, 3.8) is 0 Å². The molecule has 1 N–H and O–H groups in total. The van der Waals surface area contributed by atoms with Gasteiger partial charge >= 0.3 is 0 Å². The zero-order valence-corrected chi connectivity index (χ0v) is 16.3. The van der Waals surface area contributed by atoms with Crippen LogP contribution in [0.15, 0.2) is 35.3 Å². The lowest BCUT2D eigenvalue weighted by Gasteiger charge is -2.37. The van der Waals surface area contributed by atoms with E-state index in [1.54, 1.807) is 4.31 Å². The lowest BCUT2D eigenvalue weighted by Crippen LogP contribution is -2.52. The minimum atomic E-state index is -3.04. The van der Waals surface area contributed by atoms with Crippen molar-refractivity contribution >= 4 is 21.7 Å². The number of rotatable bonds is 5. The number of sulfonamides is 1. The molecule has 2 saturated heterocycles. The van der Waals surface area contributed by atoms with Crippen molar-refractivity contribution in [3.05, 3.63) is 30.3 Å². The van der Waals surface area contributed by atoms with Gasteiger partial charge in [0.05, 0.1) is 12.3 Å². The van der Waals surface area contributed by atoms with Gasteiger partial charge in [-0.3, -0.25) is 4.99 Å². The van der Waals surface area contributed by atoms with Crippen LogP contribution >= 0.6 is 0 Å². The molecule has 2 heterocycles. The smallest absolute Gasteiger partial charge is 0.214 e. The number of anilines is 1. The maximum Gasteiger partial charge on any atom is 0.214 e. The molecule has 8 heteroatoms. The van der Waals surface area contributed by atoms with Crippen molar-refractivity contribution in [2.24, 2.45) is 4.99 Å². The van der Waals surface area contributed by atoms with E-state index in [1.807, 2.05) is 6.07 Å². The molecular weight excluding hydrogens is 350 g/mol. The Morgan fingerprint density at radius 2 is 1.85 bits per heavy atom. The highest BCUT2D eigenvalue weighted by atomic mass is 32.2. The van der Waals surface area contributed by atoms with E-state index in [9.17, 15) is 8.42 Å². The van der Waals surface area contributed by atoms with Gasteiger partial charge in [-0.2, -0.15) is 0 Å². The van der Waals surface area contributed by atoms with E-state index in [1.165, 1.54) is 5.69 Å². The molecular formula is C18H29N5O2S. The zero-order valence-electron chi connectivity index (χ0n) is 15.5. The van der Waals surface area contributed by atoms with Crippen molar-refractivity contribution in [1.29, 1.82) is 0 Å². The number of hydrogen-bond donors (Lipinski definition) is 1. The van der Waals surface area contributed by atoms with Gasteiger partial charge in [0, 0.05) is 51.5 Å². The van der Waals surface area contributed by atoms with Gasteiger partial charge in [0.15, 0.2) is 5.96 Å².